The highest BCUT2D eigenvalue weighted by Crippen LogP contribution is 2.34. The van der Waals surface area contributed by atoms with E-state index in [1.165, 1.54) is 7.11 Å². The molecule has 1 aliphatic rings. The zero-order valence-corrected chi connectivity index (χ0v) is 12.5. The van der Waals surface area contributed by atoms with E-state index in [0.717, 1.165) is 29.2 Å². The molecule has 1 aromatic carbocycles. The molecular formula is C18H17NO3. The fourth-order valence-corrected chi connectivity index (χ4v) is 2.95. The van der Waals surface area contributed by atoms with Crippen LogP contribution in [0.1, 0.15) is 31.4 Å². The SMILES string of the molecule is COC(=O)CC1=C(c2nccc3ccccc23)C(=O)CCC1. The monoisotopic (exact) mass is 295 g/mol. The van der Waals surface area contributed by atoms with Crippen LogP contribution in [0, 0.1) is 0 Å². The molecule has 0 fully saturated rings. The summed E-state index contributed by atoms with van der Waals surface area (Å²) < 4.78 is 4.76. The maximum absolute atomic E-state index is 12.5. The van der Waals surface area contributed by atoms with E-state index in [1.54, 1.807) is 6.20 Å². The molecule has 0 aliphatic heterocycles. The van der Waals surface area contributed by atoms with Gasteiger partial charge < -0.3 is 4.74 Å². The molecule has 1 aromatic heterocycles. The number of ketones is 1. The number of fused-ring (bicyclic) bond motifs is 1. The Balaban J connectivity index is 2.19. The molecular weight excluding hydrogens is 278 g/mol. The number of hydrogen-bond donors (Lipinski definition) is 0. The van der Waals surface area contributed by atoms with Crippen molar-refractivity contribution >= 4 is 28.1 Å². The normalized spacial score (nSPS) is 15.2. The molecule has 1 aliphatic carbocycles. The van der Waals surface area contributed by atoms with E-state index in [4.69, 9.17) is 4.74 Å². The quantitative estimate of drug-likeness (QED) is 0.815. The summed E-state index contributed by atoms with van der Waals surface area (Å²) in [6, 6.07) is 9.77. The van der Waals surface area contributed by atoms with Crippen molar-refractivity contribution in [3.63, 3.8) is 0 Å². The summed E-state index contributed by atoms with van der Waals surface area (Å²) in [5.41, 5.74) is 2.13. The van der Waals surface area contributed by atoms with Gasteiger partial charge in [-0.25, -0.2) is 0 Å². The summed E-state index contributed by atoms with van der Waals surface area (Å²) in [6.07, 6.45) is 3.89. The molecule has 0 bridgehead atoms. The number of pyridine rings is 1. The number of carbonyl (C=O) groups is 2. The second kappa shape index (κ2) is 6.10. The van der Waals surface area contributed by atoms with Crippen LogP contribution in [0.25, 0.3) is 16.3 Å². The van der Waals surface area contributed by atoms with Gasteiger partial charge in [-0.3, -0.25) is 14.6 Å². The van der Waals surface area contributed by atoms with Crippen LogP contribution < -0.4 is 0 Å². The van der Waals surface area contributed by atoms with Crippen LogP contribution in [0.4, 0.5) is 0 Å². The highest BCUT2D eigenvalue weighted by atomic mass is 16.5. The lowest BCUT2D eigenvalue weighted by atomic mass is 9.85. The van der Waals surface area contributed by atoms with E-state index in [2.05, 4.69) is 4.98 Å². The van der Waals surface area contributed by atoms with Crippen molar-refractivity contribution < 1.29 is 14.3 Å². The van der Waals surface area contributed by atoms with Crippen molar-refractivity contribution in [3.8, 4) is 0 Å². The lowest BCUT2D eigenvalue weighted by Gasteiger charge is -2.19. The van der Waals surface area contributed by atoms with Gasteiger partial charge in [0.05, 0.1) is 19.2 Å². The molecule has 0 saturated carbocycles. The van der Waals surface area contributed by atoms with Crippen LogP contribution in [0.5, 0.6) is 0 Å². The maximum atomic E-state index is 12.5. The Morgan fingerprint density at radius 1 is 1.23 bits per heavy atom. The van der Waals surface area contributed by atoms with Crippen LogP contribution in [-0.4, -0.2) is 23.8 Å². The van der Waals surface area contributed by atoms with Crippen LogP contribution in [0.3, 0.4) is 0 Å². The average molecular weight is 295 g/mol. The lowest BCUT2D eigenvalue weighted by Crippen LogP contribution is -2.15. The topological polar surface area (TPSA) is 56.3 Å². The van der Waals surface area contributed by atoms with Gasteiger partial charge in [-0.15, -0.1) is 0 Å². The summed E-state index contributed by atoms with van der Waals surface area (Å²) in [5.74, 6) is -0.253. The predicted molar refractivity (Wildman–Crippen MR) is 84.2 cm³/mol. The summed E-state index contributed by atoms with van der Waals surface area (Å²) in [5, 5.41) is 1.98. The molecule has 0 N–H and O–H groups in total. The number of ether oxygens (including phenoxy) is 1. The fourth-order valence-electron chi connectivity index (χ4n) is 2.95. The van der Waals surface area contributed by atoms with Crippen LogP contribution >= 0.6 is 0 Å². The molecule has 0 saturated heterocycles. The molecule has 3 rings (SSSR count). The predicted octanol–water partition coefficient (Wildman–Crippen LogP) is 3.30. The third-order valence-electron chi connectivity index (χ3n) is 4.01. The largest absolute Gasteiger partial charge is 0.469 e. The third kappa shape index (κ3) is 2.64. The number of benzene rings is 1. The number of rotatable bonds is 3. The molecule has 22 heavy (non-hydrogen) atoms. The lowest BCUT2D eigenvalue weighted by molar-refractivity contribution is -0.139. The molecule has 1 heterocycles. The molecule has 112 valence electrons. The number of methoxy groups -OCH3 is 1. The number of esters is 1. The molecule has 0 unspecified atom stereocenters. The van der Waals surface area contributed by atoms with Crippen molar-refractivity contribution in [2.24, 2.45) is 0 Å². The van der Waals surface area contributed by atoms with Gasteiger partial charge in [0.25, 0.3) is 0 Å². The summed E-state index contributed by atoms with van der Waals surface area (Å²) in [7, 11) is 1.36. The number of allylic oxidation sites excluding steroid dienone is 1. The standard InChI is InChI=1S/C18H17NO3/c1-22-16(21)11-13-6-4-8-15(20)17(13)18-14-7-3-2-5-12(14)9-10-19-18/h2-3,5,7,9-10H,4,6,8,11H2,1H3. The zero-order chi connectivity index (χ0) is 15.5. The number of hydrogen-bond acceptors (Lipinski definition) is 4. The first-order chi connectivity index (χ1) is 10.7. The van der Waals surface area contributed by atoms with Crippen molar-refractivity contribution in [3.05, 3.63) is 47.8 Å². The van der Waals surface area contributed by atoms with E-state index < -0.39 is 0 Å². The third-order valence-corrected chi connectivity index (χ3v) is 4.01. The average Bonchev–Trinajstić information content (AvgIpc) is 2.55. The van der Waals surface area contributed by atoms with Gasteiger partial charge in [0, 0.05) is 23.6 Å². The van der Waals surface area contributed by atoms with Crippen molar-refractivity contribution in [2.45, 2.75) is 25.7 Å². The Morgan fingerprint density at radius 2 is 2.05 bits per heavy atom. The van der Waals surface area contributed by atoms with Crippen LogP contribution in [-0.2, 0) is 14.3 Å². The summed E-state index contributed by atoms with van der Waals surface area (Å²) in [4.78, 5) is 28.5. The highest BCUT2D eigenvalue weighted by Gasteiger charge is 2.25. The molecule has 4 heteroatoms. The molecule has 0 spiro atoms. The first-order valence-corrected chi connectivity index (χ1v) is 7.37. The van der Waals surface area contributed by atoms with Gasteiger partial charge in [0.2, 0.25) is 0 Å². The molecule has 2 aromatic rings. The highest BCUT2D eigenvalue weighted by molar-refractivity contribution is 6.24. The van der Waals surface area contributed by atoms with Gasteiger partial charge in [-0.05, 0) is 29.9 Å². The molecule has 0 atom stereocenters. The van der Waals surface area contributed by atoms with E-state index in [0.29, 0.717) is 17.7 Å². The van der Waals surface area contributed by atoms with Crippen molar-refractivity contribution in [2.75, 3.05) is 7.11 Å². The molecule has 4 nitrogen and oxygen atoms in total. The van der Waals surface area contributed by atoms with Gasteiger partial charge in [-0.1, -0.05) is 24.3 Å². The van der Waals surface area contributed by atoms with E-state index in [-0.39, 0.29) is 18.2 Å². The maximum Gasteiger partial charge on any atom is 0.309 e. The van der Waals surface area contributed by atoms with Crippen molar-refractivity contribution in [1.82, 2.24) is 4.98 Å². The van der Waals surface area contributed by atoms with Crippen molar-refractivity contribution in [1.29, 1.82) is 0 Å². The Labute approximate surface area is 128 Å². The zero-order valence-electron chi connectivity index (χ0n) is 12.5. The van der Waals surface area contributed by atoms with E-state index in [1.807, 2.05) is 30.3 Å². The minimum atomic E-state index is -0.317. The number of aromatic nitrogens is 1. The second-order valence-corrected chi connectivity index (χ2v) is 5.39. The fraction of sp³-hybridized carbons (Fsp3) is 0.278. The van der Waals surface area contributed by atoms with Gasteiger partial charge >= 0.3 is 5.97 Å². The second-order valence-electron chi connectivity index (χ2n) is 5.39. The first kappa shape index (κ1) is 14.4. The Kier molecular flexibility index (Phi) is 4.00. The Morgan fingerprint density at radius 3 is 2.86 bits per heavy atom. The van der Waals surface area contributed by atoms with Crippen LogP contribution in [0.15, 0.2) is 42.1 Å². The van der Waals surface area contributed by atoms with Crippen LogP contribution in [0.2, 0.25) is 0 Å². The van der Waals surface area contributed by atoms with E-state index in [9.17, 15) is 9.59 Å². The molecule has 0 amide bonds. The molecule has 0 radical (unpaired) electrons. The Hall–Kier alpha value is -2.49. The van der Waals surface area contributed by atoms with Gasteiger partial charge in [-0.2, -0.15) is 0 Å². The summed E-state index contributed by atoms with van der Waals surface area (Å²) in [6.45, 7) is 0. The minimum Gasteiger partial charge on any atom is -0.469 e. The van der Waals surface area contributed by atoms with Gasteiger partial charge in [0.15, 0.2) is 5.78 Å². The van der Waals surface area contributed by atoms with E-state index >= 15 is 0 Å². The Bertz CT molecular complexity index is 772. The number of nitrogens with zero attached hydrogens (tertiary/aromatic N) is 1. The van der Waals surface area contributed by atoms with Gasteiger partial charge in [0.1, 0.15) is 0 Å². The number of carbonyl (C=O) groups excluding carboxylic acids is 2. The smallest absolute Gasteiger partial charge is 0.309 e. The minimum absolute atomic E-state index is 0.0639. The number of Topliss-reactive ketones (excluding diaryl/α,β-unsaturated/α-hetero) is 1. The first-order valence-electron chi connectivity index (χ1n) is 7.37. The summed E-state index contributed by atoms with van der Waals surface area (Å²) >= 11 is 0.